The topological polar surface area (TPSA) is 35.5 Å². The number of rotatable bonds is 6. The average Bonchev–Trinajstić information content (AvgIpc) is 2.67. The van der Waals surface area contributed by atoms with Crippen molar-refractivity contribution >= 4 is 6.16 Å². The van der Waals surface area contributed by atoms with Crippen molar-refractivity contribution in [1.29, 1.82) is 0 Å². The first-order valence-electron chi connectivity index (χ1n) is 9.30. The highest BCUT2D eigenvalue weighted by molar-refractivity contribution is 5.63. The van der Waals surface area contributed by atoms with E-state index >= 15 is 0 Å². The van der Waals surface area contributed by atoms with Gasteiger partial charge >= 0.3 is 6.16 Å². The van der Waals surface area contributed by atoms with E-state index in [1.54, 1.807) is 12.1 Å². The maximum absolute atomic E-state index is 11.7. The molecule has 25 heavy (non-hydrogen) atoms. The summed E-state index contributed by atoms with van der Waals surface area (Å²) in [6.45, 7) is 0.380. The van der Waals surface area contributed by atoms with Gasteiger partial charge in [-0.1, -0.05) is 61.7 Å². The zero-order valence-corrected chi connectivity index (χ0v) is 14.7. The first-order chi connectivity index (χ1) is 12.3. The number of hydrogen-bond donors (Lipinski definition) is 0. The number of hydrogen-bond acceptors (Lipinski definition) is 3. The SMILES string of the molecule is O=C(OCCCc1ccccc1C1CCCCC1)Oc1ccccc1. The minimum absolute atomic E-state index is 0.380. The van der Waals surface area contributed by atoms with Crippen LogP contribution in [0.15, 0.2) is 54.6 Å². The quantitative estimate of drug-likeness (QED) is 0.375. The molecule has 0 unspecified atom stereocenters. The predicted molar refractivity (Wildman–Crippen MR) is 99.0 cm³/mol. The van der Waals surface area contributed by atoms with Crippen LogP contribution < -0.4 is 4.74 Å². The number of ether oxygens (including phenoxy) is 2. The standard InChI is InChI=1S/C22H26O3/c23-22(25-20-14-5-2-6-15-20)24-17-9-13-19-12-7-8-16-21(19)18-10-3-1-4-11-18/h2,5-8,12,14-16,18H,1,3-4,9-11,13,17H2. The molecule has 1 fully saturated rings. The summed E-state index contributed by atoms with van der Waals surface area (Å²) < 4.78 is 10.3. The fourth-order valence-corrected chi connectivity index (χ4v) is 3.61. The van der Waals surface area contributed by atoms with Crippen molar-refractivity contribution in [3.05, 3.63) is 65.7 Å². The second kappa shape index (κ2) is 9.26. The van der Waals surface area contributed by atoms with Crippen LogP contribution in [0.2, 0.25) is 0 Å². The van der Waals surface area contributed by atoms with Crippen LogP contribution in [-0.4, -0.2) is 12.8 Å². The van der Waals surface area contributed by atoms with E-state index in [-0.39, 0.29) is 0 Å². The Morgan fingerprint density at radius 1 is 0.920 bits per heavy atom. The van der Waals surface area contributed by atoms with E-state index in [1.807, 2.05) is 18.2 Å². The zero-order valence-electron chi connectivity index (χ0n) is 14.7. The molecule has 2 aromatic rings. The molecule has 1 aliphatic carbocycles. The number of benzene rings is 2. The number of carbonyl (C=O) groups is 1. The average molecular weight is 338 g/mol. The van der Waals surface area contributed by atoms with E-state index in [1.165, 1.54) is 43.2 Å². The summed E-state index contributed by atoms with van der Waals surface area (Å²) in [7, 11) is 0. The minimum atomic E-state index is -0.633. The molecule has 0 spiro atoms. The summed E-state index contributed by atoms with van der Waals surface area (Å²) in [5, 5.41) is 0. The van der Waals surface area contributed by atoms with Crippen LogP contribution in [0, 0.1) is 0 Å². The smallest absolute Gasteiger partial charge is 0.434 e. The van der Waals surface area contributed by atoms with Crippen LogP contribution in [0.4, 0.5) is 4.79 Å². The highest BCUT2D eigenvalue weighted by atomic mass is 16.7. The predicted octanol–water partition coefficient (Wildman–Crippen LogP) is 5.88. The zero-order chi connectivity index (χ0) is 17.3. The molecule has 0 bridgehead atoms. The van der Waals surface area contributed by atoms with E-state index < -0.39 is 6.16 Å². The van der Waals surface area contributed by atoms with E-state index in [4.69, 9.17) is 9.47 Å². The van der Waals surface area contributed by atoms with Gasteiger partial charge in [-0.05, 0) is 54.9 Å². The second-order valence-corrected chi connectivity index (χ2v) is 6.65. The minimum Gasteiger partial charge on any atom is -0.434 e. The lowest BCUT2D eigenvalue weighted by Crippen LogP contribution is -2.12. The van der Waals surface area contributed by atoms with Crippen LogP contribution in [0.25, 0.3) is 0 Å². The van der Waals surface area contributed by atoms with Gasteiger partial charge in [0.05, 0.1) is 6.61 Å². The Balaban J connectivity index is 1.45. The monoisotopic (exact) mass is 338 g/mol. The second-order valence-electron chi connectivity index (χ2n) is 6.65. The Kier molecular flexibility index (Phi) is 6.49. The van der Waals surface area contributed by atoms with Gasteiger partial charge in [-0.3, -0.25) is 0 Å². The summed E-state index contributed by atoms with van der Waals surface area (Å²) in [4.78, 5) is 11.7. The molecule has 0 heterocycles. The summed E-state index contributed by atoms with van der Waals surface area (Å²) in [6.07, 6.45) is 7.77. The van der Waals surface area contributed by atoms with Gasteiger partial charge in [0, 0.05) is 0 Å². The lowest BCUT2D eigenvalue weighted by molar-refractivity contribution is 0.0980. The van der Waals surface area contributed by atoms with E-state index in [0.717, 1.165) is 12.8 Å². The van der Waals surface area contributed by atoms with Crippen molar-refractivity contribution in [3.8, 4) is 5.75 Å². The largest absolute Gasteiger partial charge is 0.513 e. The van der Waals surface area contributed by atoms with Crippen molar-refractivity contribution in [2.45, 2.75) is 50.9 Å². The molecule has 2 aromatic carbocycles. The third-order valence-corrected chi connectivity index (χ3v) is 4.85. The molecule has 1 aliphatic rings. The first kappa shape index (κ1) is 17.5. The summed E-state index contributed by atoms with van der Waals surface area (Å²) in [6, 6.07) is 17.7. The molecule has 0 saturated heterocycles. The maximum atomic E-state index is 11.7. The van der Waals surface area contributed by atoms with Crippen molar-refractivity contribution in [1.82, 2.24) is 0 Å². The molecule has 0 aromatic heterocycles. The lowest BCUT2D eigenvalue weighted by Gasteiger charge is -2.24. The molecule has 0 aliphatic heterocycles. The number of para-hydroxylation sites is 1. The van der Waals surface area contributed by atoms with Gasteiger partial charge in [-0.15, -0.1) is 0 Å². The van der Waals surface area contributed by atoms with Crippen molar-refractivity contribution in [2.75, 3.05) is 6.61 Å². The molecule has 132 valence electrons. The van der Waals surface area contributed by atoms with Crippen LogP contribution in [-0.2, 0) is 11.2 Å². The van der Waals surface area contributed by atoms with Crippen molar-refractivity contribution < 1.29 is 14.3 Å². The third kappa shape index (κ3) is 5.35. The fraction of sp³-hybridized carbons (Fsp3) is 0.409. The maximum Gasteiger partial charge on any atom is 0.513 e. The Labute approximate surface area is 150 Å². The fourth-order valence-electron chi connectivity index (χ4n) is 3.61. The van der Waals surface area contributed by atoms with Crippen LogP contribution in [0.1, 0.15) is 55.6 Å². The Morgan fingerprint density at radius 2 is 1.64 bits per heavy atom. The molecule has 3 nitrogen and oxygen atoms in total. The number of aryl methyl sites for hydroxylation is 1. The van der Waals surface area contributed by atoms with Gasteiger partial charge in [-0.2, -0.15) is 0 Å². The molecule has 0 atom stereocenters. The number of carbonyl (C=O) groups excluding carboxylic acids is 1. The molecular weight excluding hydrogens is 312 g/mol. The molecule has 3 rings (SSSR count). The van der Waals surface area contributed by atoms with Crippen molar-refractivity contribution in [2.24, 2.45) is 0 Å². The van der Waals surface area contributed by atoms with E-state index in [9.17, 15) is 4.79 Å². The van der Waals surface area contributed by atoms with Gasteiger partial charge in [0.1, 0.15) is 5.75 Å². The highest BCUT2D eigenvalue weighted by Gasteiger charge is 2.17. The first-order valence-corrected chi connectivity index (χ1v) is 9.30. The molecule has 0 N–H and O–H groups in total. The van der Waals surface area contributed by atoms with Gasteiger partial charge in [0.25, 0.3) is 0 Å². The van der Waals surface area contributed by atoms with Crippen LogP contribution in [0.5, 0.6) is 5.75 Å². The Morgan fingerprint density at radius 3 is 2.44 bits per heavy atom. The van der Waals surface area contributed by atoms with Gasteiger partial charge < -0.3 is 9.47 Å². The van der Waals surface area contributed by atoms with Crippen LogP contribution in [0.3, 0.4) is 0 Å². The highest BCUT2D eigenvalue weighted by Crippen LogP contribution is 2.34. The summed E-state index contributed by atoms with van der Waals surface area (Å²) in [5.41, 5.74) is 2.89. The third-order valence-electron chi connectivity index (χ3n) is 4.85. The van der Waals surface area contributed by atoms with Gasteiger partial charge in [-0.25, -0.2) is 4.79 Å². The van der Waals surface area contributed by atoms with Crippen molar-refractivity contribution in [3.63, 3.8) is 0 Å². The Hall–Kier alpha value is -2.29. The van der Waals surface area contributed by atoms with E-state index in [0.29, 0.717) is 18.3 Å². The summed E-state index contributed by atoms with van der Waals surface area (Å²) >= 11 is 0. The van der Waals surface area contributed by atoms with Gasteiger partial charge in [0.15, 0.2) is 0 Å². The van der Waals surface area contributed by atoms with E-state index in [2.05, 4.69) is 24.3 Å². The molecule has 0 radical (unpaired) electrons. The van der Waals surface area contributed by atoms with Gasteiger partial charge in [0.2, 0.25) is 0 Å². The lowest BCUT2D eigenvalue weighted by atomic mass is 9.81. The molecule has 3 heteroatoms. The molecule has 0 amide bonds. The molecule has 1 saturated carbocycles. The van der Waals surface area contributed by atoms with Crippen LogP contribution >= 0.6 is 0 Å². The normalized spacial score (nSPS) is 14.9. The Bertz CT molecular complexity index is 660. The summed E-state index contributed by atoms with van der Waals surface area (Å²) in [5.74, 6) is 1.21. The molecular formula is C22H26O3.